The number of anilines is 1. The summed E-state index contributed by atoms with van der Waals surface area (Å²) in [5.74, 6) is 0.837. The first-order valence-electron chi connectivity index (χ1n) is 6.92. The highest BCUT2D eigenvalue weighted by Gasteiger charge is 2.10. The van der Waals surface area contributed by atoms with Crippen LogP contribution >= 0.6 is 0 Å². The molecule has 5 nitrogen and oxygen atoms in total. The van der Waals surface area contributed by atoms with Crippen molar-refractivity contribution in [2.75, 3.05) is 5.32 Å². The lowest BCUT2D eigenvalue weighted by Crippen LogP contribution is -2.37. The smallest absolute Gasteiger partial charge is 0.319 e. The summed E-state index contributed by atoms with van der Waals surface area (Å²) in [6.45, 7) is 3.62. The van der Waals surface area contributed by atoms with Crippen LogP contribution in [-0.2, 0) is 6.42 Å². The molecular weight excluding hydrogens is 268 g/mol. The summed E-state index contributed by atoms with van der Waals surface area (Å²) < 4.78 is 5.24. The third-order valence-electron chi connectivity index (χ3n) is 3.12. The number of urea groups is 1. The molecular formula is C16H20N2O3. The van der Waals surface area contributed by atoms with Gasteiger partial charge in [-0.25, -0.2) is 4.79 Å². The van der Waals surface area contributed by atoms with Crippen molar-refractivity contribution in [3.8, 4) is 0 Å². The van der Waals surface area contributed by atoms with Crippen LogP contribution in [0.3, 0.4) is 0 Å². The zero-order chi connectivity index (χ0) is 15.2. The summed E-state index contributed by atoms with van der Waals surface area (Å²) in [7, 11) is 0. The van der Waals surface area contributed by atoms with Gasteiger partial charge >= 0.3 is 6.03 Å². The minimum Gasteiger partial charge on any atom is -0.469 e. The molecule has 2 amide bonds. The SMILES string of the molecule is CC(Cc1ccco1)NC(=O)Nc1ccc(C(C)O)cc1. The molecule has 2 rings (SSSR count). The molecule has 0 saturated heterocycles. The van der Waals surface area contributed by atoms with Gasteiger partial charge in [-0.05, 0) is 43.7 Å². The molecule has 0 saturated carbocycles. The molecule has 0 spiro atoms. The van der Waals surface area contributed by atoms with E-state index in [0.29, 0.717) is 12.1 Å². The molecule has 1 heterocycles. The largest absolute Gasteiger partial charge is 0.469 e. The fourth-order valence-electron chi connectivity index (χ4n) is 2.02. The minimum absolute atomic E-state index is 0.0344. The predicted octanol–water partition coefficient (Wildman–Crippen LogP) is 3.09. The van der Waals surface area contributed by atoms with Gasteiger partial charge in [0, 0.05) is 18.2 Å². The number of carbonyl (C=O) groups is 1. The number of benzene rings is 1. The molecule has 2 unspecified atom stereocenters. The van der Waals surface area contributed by atoms with Gasteiger partial charge in [-0.3, -0.25) is 0 Å². The van der Waals surface area contributed by atoms with Gasteiger partial charge < -0.3 is 20.2 Å². The van der Waals surface area contributed by atoms with Gasteiger partial charge in [-0.1, -0.05) is 12.1 Å². The van der Waals surface area contributed by atoms with Gasteiger partial charge in [-0.2, -0.15) is 0 Å². The molecule has 0 aliphatic heterocycles. The first-order chi connectivity index (χ1) is 10.0. The van der Waals surface area contributed by atoms with Crippen molar-refractivity contribution in [2.24, 2.45) is 0 Å². The molecule has 0 fully saturated rings. The average molecular weight is 288 g/mol. The molecule has 2 aromatic rings. The van der Waals surface area contributed by atoms with E-state index in [1.807, 2.05) is 19.1 Å². The van der Waals surface area contributed by atoms with E-state index in [1.54, 1.807) is 37.5 Å². The number of rotatable bonds is 5. The van der Waals surface area contributed by atoms with Crippen LogP contribution in [0.5, 0.6) is 0 Å². The number of hydrogen-bond acceptors (Lipinski definition) is 3. The first kappa shape index (κ1) is 15.1. The summed E-state index contributed by atoms with van der Waals surface area (Å²) in [5, 5.41) is 15.0. The fourth-order valence-corrected chi connectivity index (χ4v) is 2.02. The Balaban J connectivity index is 1.83. The molecule has 1 aromatic carbocycles. The van der Waals surface area contributed by atoms with E-state index in [4.69, 9.17) is 4.42 Å². The van der Waals surface area contributed by atoms with Crippen LogP contribution in [0.2, 0.25) is 0 Å². The highest BCUT2D eigenvalue weighted by Crippen LogP contribution is 2.15. The molecule has 0 bridgehead atoms. The first-order valence-corrected chi connectivity index (χ1v) is 6.92. The third-order valence-corrected chi connectivity index (χ3v) is 3.12. The minimum atomic E-state index is -0.513. The number of carbonyl (C=O) groups excluding carboxylic acids is 1. The monoisotopic (exact) mass is 288 g/mol. The molecule has 3 N–H and O–H groups in total. The van der Waals surface area contributed by atoms with Gasteiger partial charge in [0.15, 0.2) is 0 Å². The summed E-state index contributed by atoms with van der Waals surface area (Å²) in [6, 6.07) is 10.5. The standard InChI is InChI=1S/C16H20N2O3/c1-11(10-15-4-3-9-21-15)17-16(20)18-14-7-5-13(6-8-14)12(2)19/h3-9,11-12,19H,10H2,1-2H3,(H2,17,18,20). The van der Waals surface area contributed by atoms with Crippen molar-refractivity contribution in [1.82, 2.24) is 5.32 Å². The quantitative estimate of drug-likeness (QED) is 0.791. The second-order valence-electron chi connectivity index (χ2n) is 5.08. The highest BCUT2D eigenvalue weighted by molar-refractivity contribution is 5.89. The van der Waals surface area contributed by atoms with Crippen molar-refractivity contribution >= 4 is 11.7 Å². The van der Waals surface area contributed by atoms with Crippen molar-refractivity contribution in [2.45, 2.75) is 32.4 Å². The molecule has 1 aromatic heterocycles. The zero-order valence-electron chi connectivity index (χ0n) is 12.2. The summed E-state index contributed by atoms with van der Waals surface area (Å²) >= 11 is 0. The molecule has 2 atom stereocenters. The van der Waals surface area contributed by atoms with Crippen LogP contribution < -0.4 is 10.6 Å². The lowest BCUT2D eigenvalue weighted by atomic mass is 10.1. The van der Waals surface area contributed by atoms with Crippen LogP contribution in [0.25, 0.3) is 0 Å². The van der Waals surface area contributed by atoms with Crippen molar-refractivity contribution in [3.05, 3.63) is 54.0 Å². The number of aliphatic hydroxyl groups is 1. The van der Waals surface area contributed by atoms with Crippen LogP contribution in [0.15, 0.2) is 47.1 Å². The highest BCUT2D eigenvalue weighted by atomic mass is 16.3. The Morgan fingerprint density at radius 1 is 1.24 bits per heavy atom. The summed E-state index contributed by atoms with van der Waals surface area (Å²) in [5.41, 5.74) is 1.49. The number of hydrogen-bond donors (Lipinski definition) is 3. The van der Waals surface area contributed by atoms with Gasteiger partial charge in [0.25, 0.3) is 0 Å². The molecule has 112 valence electrons. The lowest BCUT2D eigenvalue weighted by Gasteiger charge is -2.14. The average Bonchev–Trinajstić information content (AvgIpc) is 2.91. The van der Waals surface area contributed by atoms with E-state index in [1.165, 1.54) is 0 Å². The number of amides is 2. The maximum atomic E-state index is 11.9. The zero-order valence-corrected chi connectivity index (χ0v) is 12.2. The van der Waals surface area contributed by atoms with E-state index in [0.717, 1.165) is 11.3 Å². The van der Waals surface area contributed by atoms with E-state index < -0.39 is 6.10 Å². The van der Waals surface area contributed by atoms with Crippen molar-refractivity contribution in [3.63, 3.8) is 0 Å². The molecule has 0 radical (unpaired) electrons. The Morgan fingerprint density at radius 2 is 1.95 bits per heavy atom. The topological polar surface area (TPSA) is 74.5 Å². The molecule has 21 heavy (non-hydrogen) atoms. The van der Waals surface area contributed by atoms with Crippen molar-refractivity contribution < 1.29 is 14.3 Å². The number of furan rings is 1. The fraction of sp³-hybridized carbons (Fsp3) is 0.312. The van der Waals surface area contributed by atoms with E-state index in [9.17, 15) is 9.90 Å². The summed E-state index contributed by atoms with van der Waals surface area (Å²) in [4.78, 5) is 11.9. The van der Waals surface area contributed by atoms with E-state index in [-0.39, 0.29) is 12.1 Å². The molecule has 0 aliphatic rings. The maximum absolute atomic E-state index is 11.9. The Morgan fingerprint density at radius 3 is 2.52 bits per heavy atom. The van der Waals surface area contributed by atoms with Crippen LogP contribution in [-0.4, -0.2) is 17.2 Å². The molecule has 0 aliphatic carbocycles. The second-order valence-corrected chi connectivity index (χ2v) is 5.08. The van der Waals surface area contributed by atoms with Crippen LogP contribution in [0, 0.1) is 0 Å². The van der Waals surface area contributed by atoms with E-state index in [2.05, 4.69) is 10.6 Å². The van der Waals surface area contributed by atoms with Crippen LogP contribution in [0.4, 0.5) is 10.5 Å². The van der Waals surface area contributed by atoms with Gasteiger partial charge in [0.1, 0.15) is 5.76 Å². The maximum Gasteiger partial charge on any atom is 0.319 e. The van der Waals surface area contributed by atoms with Gasteiger partial charge in [-0.15, -0.1) is 0 Å². The van der Waals surface area contributed by atoms with E-state index >= 15 is 0 Å². The van der Waals surface area contributed by atoms with Gasteiger partial charge in [0.2, 0.25) is 0 Å². The Labute approximate surface area is 124 Å². The Bertz CT molecular complexity index is 562. The third kappa shape index (κ3) is 4.65. The second kappa shape index (κ2) is 6.95. The lowest BCUT2D eigenvalue weighted by molar-refractivity contribution is 0.199. The number of aliphatic hydroxyl groups excluding tert-OH is 1. The Kier molecular flexibility index (Phi) is 5.00. The number of nitrogens with one attached hydrogen (secondary N) is 2. The van der Waals surface area contributed by atoms with Crippen molar-refractivity contribution in [1.29, 1.82) is 0 Å². The Hall–Kier alpha value is -2.27. The normalized spacial score (nSPS) is 13.5. The predicted molar refractivity (Wildman–Crippen MR) is 81.1 cm³/mol. The van der Waals surface area contributed by atoms with Crippen LogP contribution in [0.1, 0.15) is 31.3 Å². The van der Waals surface area contributed by atoms with Gasteiger partial charge in [0.05, 0.1) is 12.4 Å². The summed E-state index contributed by atoms with van der Waals surface area (Å²) in [6.07, 6.45) is 1.74. The molecule has 5 heteroatoms.